The number of unbranched alkanes of at least 4 members (excludes halogenated alkanes) is 36. The first-order chi connectivity index (χ1) is 44.4. The van der Waals surface area contributed by atoms with Crippen molar-refractivity contribution in [2.75, 3.05) is 26.4 Å². The van der Waals surface area contributed by atoms with Gasteiger partial charge in [-0.25, -0.2) is 9.59 Å². The monoisotopic (exact) mass is 1240 g/mol. The first-order valence-electron chi connectivity index (χ1n) is 36.6. The van der Waals surface area contributed by atoms with Crippen molar-refractivity contribution in [2.24, 2.45) is 0 Å². The number of hydrogen-bond donors (Lipinski definition) is 0. The van der Waals surface area contributed by atoms with Gasteiger partial charge in [0.15, 0.2) is 11.5 Å². The van der Waals surface area contributed by atoms with E-state index in [1.54, 1.807) is 60.7 Å². The normalized spacial score (nSPS) is 11.2. The van der Waals surface area contributed by atoms with Crippen molar-refractivity contribution in [2.45, 2.75) is 291 Å². The molecule has 0 aliphatic rings. The molecule has 0 heterocycles. The minimum Gasteiger partial charge on any atom is -0.494 e. The van der Waals surface area contributed by atoms with Gasteiger partial charge in [-0.15, -0.1) is 0 Å². The second-order valence-electron chi connectivity index (χ2n) is 25.2. The fourth-order valence-corrected chi connectivity index (χ4v) is 11.4. The van der Waals surface area contributed by atoms with Crippen molar-refractivity contribution >= 4 is 11.9 Å². The Balaban J connectivity index is 1.13. The maximum atomic E-state index is 14.1. The Hall–Kier alpha value is -5.96. The summed E-state index contributed by atoms with van der Waals surface area (Å²) in [5.74, 6) is 3.09. The van der Waals surface area contributed by atoms with Gasteiger partial charge in [0, 0.05) is 0 Å². The van der Waals surface area contributed by atoms with Gasteiger partial charge in [-0.1, -0.05) is 295 Å². The molecule has 5 aromatic carbocycles. The highest BCUT2D eigenvalue weighted by molar-refractivity contribution is 5.93. The maximum absolute atomic E-state index is 14.1. The smallest absolute Gasteiger partial charge is 0.343 e. The molecule has 0 aromatic heterocycles. The molecule has 0 bridgehead atoms. The van der Waals surface area contributed by atoms with Gasteiger partial charge in [0.1, 0.15) is 29.6 Å². The van der Waals surface area contributed by atoms with E-state index in [2.05, 4.69) is 27.7 Å². The Morgan fingerprint density at radius 2 is 0.544 bits per heavy atom. The van der Waals surface area contributed by atoms with Crippen LogP contribution in [0.15, 0.2) is 109 Å². The third-order valence-electron chi connectivity index (χ3n) is 17.2. The first kappa shape index (κ1) is 74.8. The standard InChI is InChI=1S/C81H120O9/c1-5-9-13-17-21-25-29-33-37-41-61-84-73-53-45-68(46-54-73)67-88-74-55-51-71(52-56-74)80(82)89-75-57-47-69(48-58-75)70-49-59-76(60-50-70)90-81(83)72-65-77(85-62-42-38-34-30-26-22-18-14-10-6-2)79(87-64-44-40-36-32-28-24-20-16-12-8-4)78(66-72)86-63-43-39-35-31-27-23-19-15-11-7-3/h45-60,65-66H,5-44,61-64,67H2,1-4H3. The zero-order chi connectivity index (χ0) is 63.6. The van der Waals surface area contributed by atoms with Gasteiger partial charge in [0.2, 0.25) is 5.75 Å². The summed E-state index contributed by atoms with van der Waals surface area (Å²) in [6.45, 7) is 11.8. The predicted octanol–water partition coefficient (Wildman–Crippen LogP) is 24.6. The van der Waals surface area contributed by atoms with Crippen LogP contribution in [0.3, 0.4) is 0 Å². The van der Waals surface area contributed by atoms with Crippen LogP contribution in [-0.2, 0) is 6.61 Å². The van der Waals surface area contributed by atoms with Crippen LogP contribution < -0.4 is 33.2 Å². The molecule has 0 aliphatic heterocycles. The lowest BCUT2D eigenvalue weighted by Crippen LogP contribution is -2.12. The van der Waals surface area contributed by atoms with E-state index in [1.807, 2.05) is 48.5 Å². The van der Waals surface area contributed by atoms with Crippen molar-refractivity contribution in [3.63, 3.8) is 0 Å². The molecule has 0 fully saturated rings. The molecule has 0 spiro atoms. The first-order valence-corrected chi connectivity index (χ1v) is 36.6. The minimum atomic E-state index is -0.494. The van der Waals surface area contributed by atoms with E-state index >= 15 is 0 Å². The topological polar surface area (TPSA) is 98.8 Å². The zero-order valence-electron chi connectivity index (χ0n) is 56.9. The van der Waals surface area contributed by atoms with Crippen molar-refractivity contribution < 1.29 is 42.7 Å². The second-order valence-corrected chi connectivity index (χ2v) is 25.2. The summed E-state index contributed by atoms with van der Waals surface area (Å²) in [5, 5.41) is 0. The second kappa shape index (κ2) is 49.7. The van der Waals surface area contributed by atoms with Gasteiger partial charge in [0.25, 0.3) is 0 Å². The lowest BCUT2D eigenvalue weighted by molar-refractivity contribution is 0.0724. The lowest BCUT2D eigenvalue weighted by Gasteiger charge is -2.19. The van der Waals surface area contributed by atoms with Gasteiger partial charge in [-0.05, 0) is 115 Å². The fraction of sp³-hybridized carbons (Fsp3) is 0.605. The predicted molar refractivity (Wildman–Crippen MR) is 375 cm³/mol. The van der Waals surface area contributed by atoms with E-state index in [4.69, 9.17) is 33.2 Å². The van der Waals surface area contributed by atoms with Crippen LogP contribution in [0, 0.1) is 0 Å². The van der Waals surface area contributed by atoms with Gasteiger partial charge >= 0.3 is 11.9 Å². The van der Waals surface area contributed by atoms with E-state index in [0.29, 0.717) is 72.1 Å². The third kappa shape index (κ3) is 33.4. The molecule has 5 aromatic rings. The molecule has 0 amide bonds. The molecule has 5 rings (SSSR count). The van der Waals surface area contributed by atoms with E-state index in [-0.39, 0.29) is 0 Å². The molecule has 9 nitrogen and oxygen atoms in total. The van der Waals surface area contributed by atoms with Crippen LogP contribution in [0.25, 0.3) is 11.1 Å². The largest absolute Gasteiger partial charge is 0.494 e. The maximum Gasteiger partial charge on any atom is 0.343 e. The molecular weight excluding hydrogens is 1120 g/mol. The molecule has 0 N–H and O–H groups in total. The molecule has 0 radical (unpaired) electrons. The number of ether oxygens (including phenoxy) is 7. The number of rotatable bonds is 56. The van der Waals surface area contributed by atoms with Crippen LogP contribution in [0.2, 0.25) is 0 Å². The highest BCUT2D eigenvalue weighted by Crippen LogP contribution is 2.40. The summed E-state index contributed by atoms with van der Waals surface area (Å²) in [5.41, 5.74) is 3.65. The van der Waals surface area contributed by atoms with Crippen molar-refractivity contribution in [3.05, 3.63) is 126 Å². The Morgan fingerprint density at radius 3 is 0.900 bits per heavy atom. The van der Waals surface area contributed by atoms with Crippen molar-refractivity contribution in [1.29, 1.82) is 0 Å². The molecule has 0 unspecified atom stereocenters. The van der Waals surface area contributed by atoms with Crippen LogP contribution in [0.5, 0.6) is 40.2 Å². The Kier molecular flexibility index (Phi) is 41.3. The summed E-state index contributed by atoms with van der Waals surface area (Å²) in [4.78, 5) is 27.4. The zero-order valence-corrected chi connectivity index (χ0v) is 56.9. The molecule has 0 atom stereocenters. The number of carbonyl (C=O) groups is 2. The molecule has 9 heteroatoms. The molecule has 498 valence electrons. The summed E-state index contributed by atoms with van der Waals surface area (Å²) in [6, 6.07) is 33.5. The van der Waals surface area contributed by atoms with Crippen molar-refractivity contribution in [3.8, 4) is 51.4 Å². The van der Waals surface area contributed by atoms with Crippen LogP contribution in [0.1, 0.15) is 311 Å². The molecule has 0 saturated heterocycles. The number of benzene rings is 5. The summed E-state index contributed by atoms with van der Waals surface area (Å²) in [7, 11) is 0. The number of hydrogen-bond acceptors (Lipinski definition) is 9. The van der Waals surface area contributed by atoms with Crippen molar-refractivity contribution in [1.82, 2.24) is 0 Å². The fourth-order valence-electron chi connectivity index (χ4n) is 11.4. The van der Waals surface area contributed by atoms with E-state index in [0.717, 1.165) is 74.0 Å². The Bertz CT molecular complexity index is 2510. The Labute approximate surface area is 546 Å². The highest BCUT2D eigenvalue weighted by Gasteiger charge is 2.21. The quantitative estimate of drug-likeness (QED) is 0.0214. The average Bonchev–Trinajstić information content (AvgIpc) is 1.48. The van der Waals surface area contributed by atoms with E-state index in [9.17, 15) is 9.59 Å². The molecular formula is C81H120O9. The van der Waals surface area contributed by atoms with E-state index in [1.165, 1.54) is 212 Å². The van der Waals surface area contributed by atoms with Gasteiger partial charge < -0.3 is 33.2 Å². The average molecular weight is 1240 g/mol. The highest BCUT2D eigenvalue weighted by atomic mass is 16.6. The van der Waals surface area contributed by atoms with E-state index < -0.39 is 11.9 Å². The van der Waals surface area contributed by atoms with Crippen LogP contribution in [0.4, 0.5) is 0 Å². The SMILES string of the molecule is CCCCCCCCCCCCOc1ccc(COc2ccc(C(=O)Oc3ccc(-c4ccc(OC(=O)c5cc(OCCCCCCCCCCCC)c(OCCCCCCCCCCCC)c(OCCCCCCCCCCCC)c5)cc4)cc3)cc2)cc1. The van der Waals surface area contributed by atoms with Gasteiger partial charge in [-0.2, -0.15) is 0 Å². The van der Waals surface area contributed by atoms with Gasteiger partial charge in [-0.3, -0.25) is 0 Å². The summed E-state index contributed by atoms with van der Waals surface area (Å²) < 4.78 is 43.6. The molecule has 90 heavy (non-hydrogen) atoms. The summed E-state index contributed by atoms with van der Waals surface area (Å²) >= 11 is 0. The van der Waals surface area contributed by atoms with Crippen LogP contribution >= 0.6 is 0 Å². The molecule has 0 aliphatic carbocycles. The van der Waals surface area contributed by atoms with Crippen LogP contribution in [-0.4, -0.2) is 38.4 Å². The lowest BCUT2D eigenvalue weighted by atomic mass is 10.1. The van der Waals surface area contributed by atoms with Gasteiger partial charge in [0.05, 0.1) is 37.6 Å². The minimum absolute atomic E-state index is 0.355. The third-order valence-corrected chi connectivity index (χ3v) is 17.2. The Morgan fingerprint density at radius 1 is 0.267 bits per heavy atom. The number of carbonyl (C=O) groups excluding carboxylic acids is 2. The summed E-state index contributed by atoms with van der Waals surface area (Å²) in [6.07, 6.45) is 50.3. The number of esters is 2. The molecule has 0 saturated carbocycles.